The number of aryl methyl sites for hydroxylation is 1. The van der Waals surface area contributed by atoms with Gasteiger partial charge in [0.25, 0.3) is 0 Å². The van der Waals surface area contributed by atoms with Crippen molar-refractivity contribution >= 4 is 0 Å². The van der Waals surface area contributed by atoms with Crippen molar-refractivity contribution < 1.29 is 4.74 Å². The molecule has 0 heterocycles. The molecule has 0 fully saturated rings. The summed E-state index contributed by atoms with van der Waals surface area (Å²) in [5.74, 6) is 0.983. The molecule has 1 atom stereocenters. The van der Waals surface area contributed by atoms with Crippen molar-refractivity contribution in [2.75, 3.05) is 13.7 Å². The third kappa shape index (κ3) is 3.53. The summed E-state index contributed by atoms with van der Waals surface area (Å²) >= 11 is 0. The first-order valence-electron chi connectivity index (χ1n) is 6.07. The van der Waals surface area contributed by atoms with E-state index in [1.807, 2.05) is 0 Å². The van der Waals surface area contributed by atoms with Crippen molar-refractivity contribution in [3.8, 4) is 5.75 Å². The maximum absolute atomic E-state index is 5.41. The summed E-state index contributed by atoms with van der Waals surface area (Å²) in [4.78, 5) is 0. The molecule has 1 unspecified atom stereocenters. The van der Waals surface area contributed by atoms with Gasteiger partial charge in [-0.2, -0.15) is 0 Å². The molecule has 1 rings (SSSR count). The predicted octanol–water partition coefficient (Wildman–Crippen LogP) is 3.45. The summed E-state index contributed by atoms with van der Waals surface area (Å²) in [6, 6.07) is 6.73. The lowest BCUT2D eigenvalue weighted by molar-refractivity contribution is 0.401. The topological polar surface area (TPSA) is 21.3 Å². The highest BCUT2D eigenvalue weighted by Crippen LogP contribution is 2.25. The maximum Gasteiger partial charge on any atom is 0.123 e. The van der Waals surface area contributed by atoms with Crippen LogP contribution >= 0.6 is 0 Å². The monoisotopic (exact) mass is 221 g/mol. The minimum absolute atomic E-state index is 0.349. The number of nitrogens with one attached hydrogen (secondary N) is 1. The lowest BCUT2D eigenvalue weighted by Gasteiger charge is -2.17. The van der Waals surface area contributed by atoms with Gasteiger partial charge in [-0.15, -0.1) is 0 Å². The average molecular weight is 221 g/mol. The number of ether oxygens (including phenoxy) is 1. The van der Waals surface area contributed by atoms with Crippen molar-refractivity contribution in [3.63, 3.8) is 0 Å². The molecule has 16 heavy (non-hydrogen) atoms. The smallest absolute Gasteiger partial charge is 0.123 e. The Labute approximate surface area is 99.0 Å². The van der Waals surface area contributed by atoms with Gasteiger partial charge in [-0.1, -0.05) is 25.5 Å². The predicted molar refractivity (Wildman–Crippen MR) is 69.1 cm³/mol. The van der Waals surface area contributed by atoms with E-state index < -0.39 is 0 Å². The highest BCUT2D eigenvalue weighted by Gasteiger charge is 2.10. The van der Waals surface area contributed by atoms with E-state index in [4.69, 9.17) is 4.74 Å². The van der Waals surface area contributed by atoms with Crippen molar-refractivity contribution in [1.82, 2.24) is 5.32 Å². The third-order valence-electron chi connectivity index (χ3n) is 2.84. The summed E-state index contributed by atoms with van der Waals surface area (Å²) in [7, 11) is 1.73. The molecule has 0 bridgehead atoms. The lowest BCUT2D eigenvalue weighted by Crippen LogP contribution is -2.20. The van der Waals surface area contributed by atoms with Gasteiger partial charge in [0.05, 0.1) is 7.11 Å². The zero-order valence-corrected chi connectivity index (χ0v) is 10.8. The van der Waals surface area contributed by atoms with Crippen LogP contribution in [0, 0.1) is 6.92 Å². The van der Waals surface area contributed by atoms with E-state index in [0.29, 0.717) is 6.04 Å². The fourth-order valence-corrected chi connectivity index (χ4v) is 1.78. The van der Waals surface area contributed by atoms with E-state index in [1.165, 1.54) is 24.0 Å². The molecule has 0 aliphatic heterocycles. The number of methoxy groups -OCH3 is 1. The molecule has 0 amide bonds. The standard InChI is InChI=1S/C14H23NO/c1-5-6-9-15-12(3)13-8-7-11(2)10-14(13)16-4/h7-8,10,12,15H,5-6,9H2,1-4H3. The number of unbranched alkanes of at least 4 members (excludes halogenated alkanes) is 1. The van der Waals surface area contributed by atoms with Crippen LogP contribution in [0.4, 0.5) is 0 Å². The first-order valence-corrected chi connectivity index (χ1v) is 6.07. The minimum atomic E-state index is 0.349. The van der Waals surface area contributed by atoms with E-state index in [1.54, 1.807) is 7.11 Å². The van der Waals surface area contributed by atoms with Crippen LogP contribution in [0.5, 0.6) is 5.75 Å². The van der Waals surface area contributed by atoms with Crippen molar-refractivity contribution in [3.05, 3.63) is 29.3 Å². The quantitative estimate of drug-likeness (QED) is 0.743. The highest BCUT2D eigenvalue weighted by atomic mass is 16.5. The van der Waals surface area contributed by atoms with Gasteiger partial charge >= 0.3 is 0 Å². The van der Waals surface area contributed by atoms with Gasteiger partial charge in [0.2, 0.25) is 0 Å². The van der Waals surface area contributed by atoms with E-state index in [-0.39, 0.29) is 0 Å². The Morgan fingerprint density at radius 1 is 1.38 bits per heavy atom. The second-order valence-corrected chi connectivity index (χ2v) is 4.27. The zero-order chi connectivity index (χ0) is 12.0. The summed E-state index contributed by atoms with van der Waals surface area (Å²) in [6.45, 7) is 7.54. The lowest BCUT2D eigenvalue weighted by atomic mass is 10.0. The molecule has 1 aromatic rings. The summed E-state index contributed by atoms with van der Waals surface area (Å²) in [6.07, 6.45) is 2.45. The molecule has 1 aromatic carbocycles. The Morgan fingerprint density at radius 3 is 2.75 bits per heavy atom. The summed E-state index contributed by atoms with van der Waals surface area (Å²) in [5, 5.41) is 3.51. The van der Waals surface area contributed by atoms with Crippen LogP contribution in [0.15, 0.2) is 18.2 Å². The van der Waals surface area contributed by atoms with Crippen LogP contribution in [0.2, 0.25) is 0 Å². The number of benzene rings is 1. The molecule has 1 N–H and O–H groups in total. The molecular formula is C14H23NO. The zero-order valence-electron chi connectivity index (χ0n) is 10.8. The van der Waals surface area contributed by atoms with Crippen molar-refractivity contribution in [1.29, 1.82) is 0 Å². The fraction of sp³-hybridized carbons (Fsp3) is 0.571. The Kier molecular flexibility index (Phi) is 5.33. The van der Waals surface area contributed by atoms with Gasteiger partial charge in [0, 0.05) is 11.6 Å². The Hall–Kier alpha value is -1.02. The molecule has 0 saturated carbocycles. The molecule has 90 valence electrons. The van der Waals surface area contributed by atoms with E-state index >= 15 is 0 Å². The first kappa shape index (κ1) is 13.0. The number of hydrogen-bond donors (Lipinski definition) is 1. The molecule has 0 saturated heterocycles. The number of rotatable bonds is 6. The third-order valence-corrected chi connectivity index (χ3v) is 2.84. The van der Waals surface area contributed by atoms with E-state index in [2.05, 4.69) is 44.3 Å². The van der Waals surface area contributed by atoms with Gasteiger partial charge in [-0.25, -0.2) is 0 Å². The Bertz CT molecular complexity index is 323. The van der Waals surface area contributed by atoms with Gasteiger partial charge in [-0.05, 0) is 38.4 Å². The molecule has 0 radical (unpaired) electrons. The van der Waals surface area contributed by atoms with Crippen LogP contribution in [0.25, 0.3) is 0 Å². The highest BCUT2D eigenvalue weighted by molar-refractivity contribution is 5.38. The van der Waals surface area contributed by atoms with Crippen molar-refractivity contribution in [2.45, 2.75) is 39.7 Å². The van der Waals surface area contributed by atoms with Gasteiger partial charge in [0.15, 0.2) is 0 Å². The van der Waals surface area contributed by atoms with E-state index in [0.717, 1.165) is 12.3 Å². The second kappa shape index (κ2) is 6.54. The Balaban J connectivity index is 2.70. The van der Waals surface area contributed by atoms with Crippen LogP contribution in [0.3, 0.4) is 0 Å². The summed E-state index contributed by atoms with van der Waals surface area (Å²) < 4.78 is 5.41. The minimum Gasteiger partial charge on any atom is -0.496 e. The second-order valence-electron chi connectivity index (χ2n) is 4.27. The van der Waals surface area contributed by atoms with Gasteiger partial charge in [-0.3, -0.25) is 0 Å². The normalized spacial score (nSPS) is 12.5. The first-order chi connectivity index (χ1) is 7.69. The van der Waals surface area contributed by atoms with Crippen LogP contribution in [-0.2, 0) is 0 Å². The van der Waals surface area contributed by atoms with E-state index in [9.17, 15) is 0 Å². The molecule has 0 aromatic heterocycles. The maximum atomic E-state index is 5.41. The fourth-order valence-electron chi connectivity index (χ4n) is 1.78. The number of hydrogen-bond acceptors (Lipinski definition) is 2. The molecular weight excluding hydrogens is 198 g/mol. The van der Waals surface area contributed by atoms with Crippen LogP contribution in [-0.4, -0.2) is 13.7 Å². The molecule has 0 aliphatic rings. The SMILES string of the molecule is CCCCNC(C)c1ccc(C)cc1OC. The summed E-state index contributed by atoms with van der Waals surface area (Å²) in [5.41, 5.74) is 2.48. The molecule has 2 nitrogen and oxygen atoms in total. The van der Waals surface area contributed by atoms with Crippen LogP contribution in [0.1, 0.15) is 43.9 Å². The van der Waals surface area contributed by atoms with Crippen molar-refractivity contribution in [2.24, 2.45) is 0 Å². The Morgan fingerprint density at radius 2 is 2.12 bits per heavy atom. The van der Waals surface area contributed by atoms with Crippen LogP contribution < -0.4 is 10.1 Å². The largest absolute Gasteiger partial charge is 0.496 e. The molecule has 0 spiro atoms. The van der Waals surface area contributed by atoms with Gasteiger partial charge in [0.1, 0.15) is 5.75 Å². The average Bonchev–Trinajstić information content (AvgIpc) is 2.29. The van der Waals surface area contributed by atoms with Gasteiger partial charge < -0.3 is 10.1 Å². The molecule has 0 aliphatic carbocycles. The molecule has 2 heteroatoms.